The van der Waals surface area contributed by atoms with E-state index >= 15 is 0 Å². The van der Waals surface area contributed by atoms with Gasteiger partial charge in [-0.3, -0.25) is 4.79 Å². The number of rotatable bonds is 6. The second kappa shape index (κ2) is 8.41. The van der Waals surface area contributed by atoms with Crippen LogP contribution in [0.2, 0.25) is 0 Å². The zero-order valence-corrected chi connectivity index (χ0v) is 17.5. The van der Waals surface area contributed by atoms with Crippen molar-refractivity contribution in [3.63, 3.8) is 0 Å². The van der Waals surface area contributed by atoms with Gasteiger partial charge in [-0.15, -0.1) is 0 Å². The third-order valence-electron chi connectivity index (χ3n) is 5.18. The molecular formula is C25H25N3O2. The Balaban J connectivity index is 1.56. The largest absolute Gasteiger partial charge is 0.486 e. The number of carbonyl (C=O) groups excluding carboxylic acids is 1. The van der Waals surface area contributed by atoms with Crippen LogP contribution >= 0.6 is 0 Å². The fourth-order valence-electron chi connectivity index (χ4n) is 3.43. The fraction of sp³-hybridized carbons (Fsp3) is 0.200. The molecule has 0 radical (unpaired) electrons. The van der Waals surface area contributed by atoms with Crippen molar-refractivity contribution in [1.29, 1.82) is 0 Å². The molecule has 0 saturated heterocycles. The number of aromatic nitrogens is 2. The number of carbonyl (C=O) groups is 1. The maximum Gasteiger partial charge on any atom is 0.244 e. The minimum atomic E-state index is -0.0989. The first-order valence-corrected chi connectivity index (χ1v) is 10.0. The first kappa shape index (κ1) is 19.7. The van der Waals surface area contributed by atoms with Gasteiger partial charge < -0.3 is 14.6 Å². The van der Waals surface area contributed by atoms with E-state index in [9.17, 15) is 4.79 Å². The first-order chi connectivity index (χ1) is 14.5. The van der Waals surface area contributed by atoms with Crippen LogP contribution in [0.1, 0.15) is 22.5 Å². The molecule has 4 aromatic rings. The number of nitrogens with zero attached hydrogens (tertiary/aromatic N) is 2. The van der Waals surface area contributed by atoms with Crippen molar-refractivity contribution < 1.29 is 9.53 Å². The molecule has 1 amide bonds. The van der Waals surface area contributed by atoms with Gasteiger partial charge in [-0.25, -0.2) is 4.98 Å². The number of hydrogen-bond acceptors (Lipinski definition) is 3. The summed E-state index contributed by atoms with van der Waals surface area (Å²) in [6.07, 6.45) is 0. The Bertz CT molecular complexity index is 1210. The standard InChI is InChI=1S/C25H25N3O2/c1-17-7-6-8-21(13-17)30-16-24-27-22-9-4-5-10-23(22)28(24)15-25(29)26-20-12-11-18(2)19(3)14-20/h4-14H,15-16H2,1-3H3,(H,26,29). The van der Waals surface area contributed by atoms with Crippen molar-refractivity contribution in [2.24, 2.45) is 0 Å². The van der Waals surface area contributed by atoms with Gasteiger partial charge in [-0.05, 0) is 73.9 Å². The summed E-state index contributed by atoms with van der Waals surface area (Å²) < 4.78 is 7.87. The molecule has 0 aliphatic rings. The lowest BCUT2D eigenvalue weighted by Gasteiger charge is -2.12. The number of benzene rings is 3. The molecule has 3 aromatic carbocycles. The van der Waals surface area contributed by atoms with Gasteiger partial charge in [0.25, 0.3) is 0 Å². The van der Waals surface area contributed by atoms with E-state index in [0.717, 1.165) is 33.6 Å². The van der Waals surface area contributed by atoms with E-state index in [0.29, 0.717) is 5.82 Å². The van der Waals surface area contributed by atoms with Gasteiger partial charge in [0, 0.05) is 5.69 Å². The van der Waals surface area contributed by atoms with E-state index < -0.39 is 0 Å². The van der Waals surface area contributed by atoms with Gasteiger partial charge in [0.05, 0.1) is 11.0 Å². The van der Waals surface area contributed by atoms with Crippen molar-refractivity contribution in [3.8, 4) is 5.75 Å². The van der Waals surface area contributed by atoms with Crippen LogP contribution in [0.5, 0.6) is 5.75 Å². The molecule has 152 valence electrons. The summed E-state index contributed by atoms with van der Waals surface area (Å²) in [6.45, 7) is 6.57. The number of aryl methyl sites for hydroxylation is 3. The molecule has 1 aromatic heterocycles. The second-order valence-corrected chi connectivity index (χ2v) is 7.56. The molecule has 1 N–H and O–H groups in total. The van der Waals surface area contributed by atoms with E-state index in [1.165, 1.54) is 5.56 Å². The van der Waals surface area contributed by atoms with Crippen LogP contribution in [0.25, 0.3) is 11.0 Å². The molecule has 0 unspecified atom stereocenters. The third kappa shape index (κ3) is 4.35. The molecule has 0 fully saturated rings. The SMILES string of the molecule is Cc1cccc(OCc2nc3ccccc3n2CC(=O)Nc2ccc(C)c(C)c2)c1. The molecule has 0 atom stereocenters. The Hall–Kier alpha value is -3.60. The number of hydrogen-bond donors (Lipinski definition) is 1. The highest BCUT2D eigenvalue weighted by Crippen LogP contribution is 2.20. The maximum absolute atomic E-state index is 12.8. The highest BCUT2D eigenvalue weighted by Gasteiger charge is 2.14. The maximum atomic E-state index is 12.8. The highest BCUT2D eigenvalue weighted by atomic mass is 16.5. The lowest BCUT2D eigenvalue weighted by atomic mass is 10.1. The first-order valence-electron chi connectivity index (χ1n) is 10.0. The zero-order valence-electron chi connectivity index (χ0n) is 17.5. The molecule has 0 aliphatic carbocycles. The van der Waals surface area contributed by atoms with E-state index in [-0.39, 0.29) is 19.1 Å². The summed E-state index contributed by atoms with van der Waals surface area (Å²) in [7, 11) is 0. The summed E-state index contributed by atoms with van der Waals surface area (Å²) in [5.41, 5.74) is 6.03. The molecule has 0 aliphatic heterocycles. The van der Waals surface area contributed by atoms with Crippen molar-refractivity contribution in [1.82, 2.24) is 9.55 Å². The molecule has 5 nitrogen and oxygen atoms in total. The second-order valence-electron chi connectivity index (χ2n) is 7.56. The van der Waals surface area contributed by atoms with Gasteiger partial charge in [0.15, 0.2) is 0 Å². The van der Waals surface area contributed by atoms with E-state index in [1.807, 2.05) is 85.1 Å². The quantitative estimate of drug-likeness (QED) is 0.486. The van der Waals surface area contributed by atoms with Crippen molar-refractivity contribution in [2.75, 3.05) is 5.32 Å². The third-order valence-corrected chi connectivity index (χ3v) is 5.18. The Morgan fingerprint density at radius 1 is 0.967 bits per heavy atom. The number of imidazole rings is 1. The number of fused-ring (bicyclic) bond motifs is 1. The van der Waals surface area contributed by atoms with Gasteiger partial charge in [-0.1, -0.05) is 30.3 Å². The number of nitrogens with one attached hydrogen (secondary N) is 1. The Morgan fingerprint density at radius 3 is 2.60 bits per heavy atom. The van der Waals surface area contributed by atoms with Crippen LogP contribution in [-0.4, -0.2) is 15.5 Å². The Labute approximate surface area is 176 Å². The normalized spacial score (nSPS) is 10.9. The lowest BCUT2D eigenvalue weighted by molar-refractivity contribution is -0.116. The number of amides is 1. The fourth-order valence-corrected chi connectivity index (χ4v) is 3.43. The molecule has 30 heavy (non-hydrogen) atoms. The monoisotopic (exact) mass is 399 g/mol. The van der Waals surface area contributed by atoms with Crippen LogP contribution in [0.4, 0.5) is 5.69 Å². The van der Waals surface area contributed by atoms with Crippen LogP contribution in [0.15, 0.2) is 66.7 Å². The summed E-state index contributed by atoms with van der Waals surface area (Å²) in [5.74, 6) is 1.40. The number of ether oxygens (including phenoxy) is 1. The van der Waals surface area contributed by atoms with Crippen molar-refractivity contribution in [3.05, 3.63) is 89.2 Å². The van der Waals surface area contributed by atoms with Crippen LogP contribution in [-0.2, 0) is 17.9 Å². The topological polar surface area (TPSA) is 56.2 Å². The summed E-state index contributed by atoms with van der Waals surface area (Å²) in [6, 6.07) is 21.6. The number of para-hydroxylation sites is 2. The summed E-state index contributed by atoms with van der Waals surface area (Å²) >= 11 is 0. The van der Waals surface area contributed by atoms with Gasteiger partial charge in [0.1, 0.15) is 24.7 Å². The van der Waals surface area contributed by atoms with Crippen molar-refractivity contribution >= 4 is 22.6 Å². The van der Waals surface area contributed by atoms with E-state index in [4.69, 9.17) is 9.72 Å². The molecule has 5 heteroatoms. The molecule has 4 rings (SSSR count). The summed E-state index contributed by atoms with van der Waals surface area (Å²) in [5, 5.41) is 2.99. The van der Waals surface area contributed by atoms with E-state index in [2.05, 4.69) is 12.2 Å². The predicted molar refractivity (Wildman–Crippen MR) is 120 cm³/mol. The van der Waals surface area contributed by atoms with Crippen LogP contribution in [0, 0.1) is 20.8 Å². The summed E-state index contributed by atoms with van der Waals surface area (Å²) in [4.78, 5) is 17.5. The molecular weight excluding hydrogens is 374 g/mol. The average Bonchev–Trinajstić information content (AvgIpc) is 3.07. The predicted octanol–water partition coefficient (Wildman–Crippen LogP) is 5.18. The smallest absolute Gasteiger partial charge is 0.244 e. The van der Waals surface area contributed by atoms with Gasteiger partial charge >= 0.3 is 0 Å². The molecule has 1 heterocycles. The Morgan fingerprint density at radius 2 is 1.80 bits per heavy atom. The highest BCUT2D eigenvalue weighted by molar-refractivity contribution is 5.91. The molecule has 0 spiro atoms. The zero-order chi connectivity index (χ0) is 21.1. The van der Waals surface area contributed by atoms with Crippen LogP contribution < -0.4 is 10.1 Å². The van der Waals surface area contributed by atoms with E-state index in [1.54, 1.807) is 0 Å². The van der Waals surface area contributed by atoms with Gasteiger partial charge in [-0.2, -0.15) is 0 Å². The Kier molecular flexibility index (Phi) is 5.53. The molecule has 0 saturated carbocycles. The van der Waals surface area contributed by atoms with Crippen LogP contribution in [0.3, 0.4) is 0 Å². The molecule has 0 bridgehead atoms. The minimum absolute atomic E-state index is 0.0989. The average molecular weight is 399 g/mol. The van der Waals surface area contributed by atoms with Gasteiger partial charge in [0.2, 0.25) is 5.91 Å². The minimum Gasteiger partial charge on any atom is -0.486 e. The number of anilines is 1. The van der Waals surface area contributed by atoms with Crippen molar-refractivity contribution in [2.45, 2.75) is 33.9 Å². The lowest BCUT2D eigenvalue weighted by Crippen LogP contribution is -2.20.